The smallest absolute Gasteiger partial charge is 0.207 e. The Kier molecular flexibility index (Phi) is 5.39. The third kappa shape index (κ3) is 3.78. The van der Waals surface area contributed by atoms with E-state index in [0.717, 1.165) is 46.2 Å². The maximum absolute atomic E-state index is 13.2. The molecule has 148 valence electrons. The molecule has 1 N–H and O–H groups in total. The topological polar surface area (TPSA) is 46.2 Å². The van der Waals surface area contributed by atoms with E-state index in [9.17, 15) is 8.42 Å². The molecule has 1 aliphatic carbocycles. The molecule has 0 saturated heterocycles. The van der Waals surface area contributed by atoms with Crippen LogP contribution < -0.4 is 4.72 Å². The zero-order valence-electron chi connectivity index (χ0n) is 16.7. The van der Waals surface area contributed by atoms with Crippen molar-refractivity contribution in [1.82, 2.24) is 4.72 Å². The number of hydrogen-bond donors (Lipinski definition) is 1. The van der Waals surface area contributed by atoms with Crippen molar-refractivity contribution in [2.24, 2.45) is 0 Å². The molecule has 4 heteroatoms. The van der Waals surface area contributed by atoms with Crippen LogP contribution in [0.15, 0.2) is 83.3 Å². The number of hydrogen-bond acceptors (Lipinski definition) is 2. The quantitative estimate of drug-likeness (QED) is 0.570. The average Bonchev–Trinajstić information content (AvgIpc) is 3.11. The Morgan fingerprint density at radius 1 is 0.828 bits per heavy atom. The molecule has 0 spiro atoms. The Bertz CT molecular complexity index is 1150. The molecule has 1 unspecified atom stereocenters. The van der Waals surface area contributed by atoms with Crippen molar-refractivity contribution in [2.75, 3.05) is 0 Å². The summed E-state index contributed by atoms with van der Waals surface area (Å²) in [4.78, 5) is 0.302. The highest BCUT2D eigenvalue weighted by Crippen LogP contribution is 2.42. The lowest BCUT2D eigenvalue weighted by atomic mass is 9.93. The van der Waals surface area contributed by atoms with E-state index in [1.807, 2.05) is 36.4 Å². The lowest BCUT2D eigenvalue weighted by molar-refractivity contribution is 0.570. The van der Waals surface area contributed by atoms with Gasteiger partial charge in [-0.1, -0.05) is 80.6 Å². The van der Waals surface area contributed by atoms with Crippen LogP contribution >= 0.6 is 0 Å². The molecule has 0 fully saturated rings. The fraction of sp³-hybridized carbons (Fsp3) is 0.200. The maximum Gasteiger partial charge on any atom is 0.241 e. The van der Waals surface area contributed by atoms with Crippen LogP contribution in [0.2, 0.25) is 0 Å². The van der Waals surface area contributed by atoms with E-state index in [-0.39, 0.29) is 6.04 Å². The van der Waals surface area contributed by atoms with Gasteiger partial charge in [-0.3, -0.25) is 0 Å². The molecule has 4 rings (SSSR count). The second kappa shape index (κ2) is 7.97. The summed E-state index contributed by atoms with van der Waals surface area (Å²) in [7, 11) is -3.64. The molecule has 1 atom stereocenters. The van der Waals surface area contributed by atoms with E-state index in [1.165, 1.54) is 0 Å². The first-order valence-corrected chi connectivity index (χ1v) is 11.5. The summed E-state index contributed by atoms with van der Waals surface area (Å²) < 4.78 is 29.3. The first-order chi connectivity index (χ1) is 14.0. The van der Waals surface area contributed by atoms with Gasteiger partial charge in [-0.05, 0) is 58.4 Å². The normalized spacial score (nSPS) is 15.8. The summed E-state index contributed by atoms with van der Waals surface area (Å²) in [5.74, 6) is 0. The number of nitrogens with one attached hydrogen (secondary N) is 1. The summed E-state index contributed by atoms with van der Waals surface area (Å²) in [5.41, 5.74) is 6.47. The number of sulfonamides is 1. The minimum atomic E-state index is -3.64. The Labute approximate surface area is 173 Å². The molecule has 0 bridgehead atoms. The van der Waals surface area contributed by atoms with Crippen LogP contribution in [0.1, 0.15) is 43.0 Å². The molecular formula is C25H25NO2S. The highest BCUT2D eigenvalue weighted by atomic mass is 32.2. The van der Waals surface area contributed by atoms with Crippen molar-refractivity contribution in [3.63, 3.8) is 0 Å². The predicted molar refractivity (Wildman–Crippen MR) is 119 cm³/mol. The minimum absolute atomic E-state index is 0.302. The second-order valence-corrected chi connectivity index (χ2v) is 9.01. The zero-order valence-corrected chi connectivity index (χ0v) is 17.5. The number of aryl methyl sites for hydroxylation is 1. The summed E-state index contributed by atoms with van der Waals surface area (Å²) in [6.07, 6.45) is 3.78. The van der Waals surface area contributed by atoms with E-state index in [1.54, 1.807) is 12.1 Å². The first kappa shape index (κ1) is 19.6. The maximum atomic E-state index is 13.2. The third-order valence-corrected chi connectivity index (χ3v) is 6.99. The molecule has 0 saturated carbocycles. The van der Waals surface area contributed by atoms with Crippen LogP contribution in [0.25, 0.3) is 17.2 Å². The largest absolute Gasteiger partial charge is 0.241 e. The molecule has 0 aromatic heterocycles. The summed E-state index contributed by atoms with van der Waals surface area (Å²) in [5, 5.41) is 0. The molecule has 0 radical (unpaired) electrons. The summed E-state index contributed by atoms with van der Waals surface area (Å²) >= 11 is 0. The molecule has 3 aromatic rings. The van der Waals surface area contributed by atoms with Crippen LogP contribution in [-0.4, -0.2) is 8.42 Å². The van der Waals surface area contributed by atoms with Gasteiger partial charge in [0.05, 0.1) is 10.9 Å². The van der Waals surface area contributed by atoms with Crippen LogP contribution in [0.5, 0.6) is 0 Å². The summed E-state index contributed by atoms with van der Waals surface area (Å²) in [6, 6.07) is 23.1. The fourth-order valence-corrected chi connectivity index (χ4v) is 5.15. The third-order valence-electron chi connectivity index (χ3n) is 5.55. The van der Waals surface area contributed by atoms with Gasteiger partial charge in [-0.2, -0.15) is 4.72 Å². The Hall–Kier alpha value is -2.69. The molecule has 0 heterocycles. The summed E-state index contributed by atoms with van der Waals surface area (Å²) in [6.45, 7) is 4.12. The lowest BCUT2D eigenvalue weighted by Crippen LogP contribution is -2.29. The van der Waals surface area contributed by atoms with Crippen LogP contribution in [0, 0.1) is 0 Å². The van der Waals surface area contributed by atoms with E-state index in [0.29, 0.717) is 4.90 Å². The van der Waals surface area contributed by atoms with Crippen molar-refractivity contribution in [3.8, 4) is 11.1 Å². The van der Waals surface area contributed by atoms with Crippen LogP contribution in [0.4, 0.5) is 0 Å². The van der Waals surface area contributed by atoms with Gasteiger partial charge in [0, 0.05) is 0 Å². The van der Waals surface area contributed by atoms with Crippen LogP contribution in [-0.2, 0) is 16.4 Å². The van der Waals surface area contributed by atoms with Crippen LogP contribution in [0.3, 0.4) is 0 Å². The molecule has 0 aliphatic heterocycles. The van der Waals surface area contributed by atoms with Gasteiger partial charge in [0.2, 0.25) is 10.0 Å². The average molecular weight is 404 g/mol. The van der Waals surface area contributed by atoms with E-state index >= 15 is 0 Å². The monoisotopic (exact) mass is 403 g/mol. The lowest BCUT2D eigenvalue weighted by Gasteiger charge is -2.21. The minimum Gasteiger partial charge on any atom is -0.207 e. The van der Waals surface area contributed by atoms with Gasteiger partial charge in [0.25, 0.3) is 0 Å². The predicted octanol–water partition coefficient (Wildman–Crippen LogP) is 5.74. The standard InChI is InChI=1S/C25H25NO2S/c1-3-18-13-15-22(16-14-18)29(27,28)26-25-19(4-2)17-21-11-8-12-23(24(21)25)20-9-6-5-7-10-20/h5-17,25-26H,3-4H2,1-2H3. The SMILES string of the molecule is CCC1=Cc2cccc(-c3ccccc3)c2C1NS(=O)(=O)c1ccc(CC)cc1. The number of fused-ring (bicyclic) bond motifs is 1. The van der Waals surface area contributed by atoms with Gasteiger partial charge in [-0.15, -0.1) is 0 Å². The highest BCUT2D eigenvalue weighted by molar-refractivity contribution is 7.89. The molecular weight excluding hydrogens is 378 g/mol. The van der Waals surface area contributed by atoms with Crippen molar-refractivity contribution < 1.29 is 8.42 Å². The number of benzene rings is 3. The Morgan fingerprint density at radius 2 is 1.55 bits per heavy atom. The second-order valence-electron chi connectivity index (χ2n) is 7.30. The Balaban J connectivity index is 1.76. The first-order valence-electron chi connectivity index (χ1n) is 10.0. The van der Waals surface area contributed by atoms with Crippen molar-refractivity contribution in [2.45, 2.75) is 37.6 Å². The molecule has 29 heavy (non-hydrogen) atoms. The molecule has 0 amide bonds. The van der Waals surface area contributed by atoms with Gasteiger partial charge in [0.1, 0.15) is 0 Å². The highest BCUT2D eigenvalue weighted by Gasteiger charge is 2.31. The van der Waals surface area contributed by atoms with E-state index in [4.69, 9.17) is 0 Å². The van der Waals surface area contributed by atoms with E-state index < -0.39 is 10.0 Å². The Morgan fingerprint density at radius 3 is 2.21 bits per heavy atom. The van der Waals surface area contributed by atoms with Gasteiger partial charge < -0.3 is 0 Å². The van der Waals surface area contributed by atoms with Crippen molar-refractivity contribution in [1.29, 1.82) is 0 Å². The van der Waals surface area contributed by atoms with Gasteiger partial charge >= 0.3 is 0 Å². The zero-order chi connectivity index (χ0) is 20.4. The van der Waals surface area contributed by atoms with E-state index in [2.05, 4.69) is 48.9 Å². The fourth-order valence-electron chi connectivity index (χ4n) is 3.94. The number of rotatable bonds is 6. The molecule has 3 nitrogen and oxygen atoms in total. The van der Waals surface area contributed by atoms with Crippen molar-refractivity contribution >= 4 is 16.1 Å². The van der Waals surface area contributed by atoms with Crippen molar-refractivity contribution in [3.05, 3.63) is 95.1 Å². The molecule has 3 aromatic carbocycles. The van der Waals surface area contributed by atoms with Gasteiger partial charge in [0.15, 0.2) is 0 Å². The van der Waals surface area contributed by atoms with Gasteiger partial charge in [-0.25, -0.2) is 8.42 Å². The molecule has 1 aliphatic rings.